The number of nitrogens with one attached hydrogen (secondary N) is 1. The molecule has 1 N–H and O–H groups in total. The van der Waals surface area contributed by atoms with E-state index in [1.54, 1.807) is 6.33 Å². The summed E-state index contributed by atoms with van der Waals surface area (Å²) < 4.78 is 3.89. The van der Waals surface area contributed by atoms with Gasteiger partial charge in [-0.3, -0.25) is 4.68 Å². The van der Waals surface area contributed by atoms with Crippen molar-refractivity contribution in [1.29, 1.82) is 0 Å². The Hall–Kier alpha value is -1.69. The fourth-order valence-electron chi connectivity index (χ4n) is 2.03. The van der Waals surface area contributed by atoms with Crippen molar-refractivity contribution in [3.05, 3.63) is 30.4 Å². The van der Waals surface area contributed by atoms with Crippen LogP contribution in [0.4, 0.5) is 0 Å². The maximum absolute atomic E-state index is 4.41. The van der Waals surface area contributed by atoms with Crippen molar-refractivity contribution in [3.63, 3.8) is 0 Å². The largest absolute Gasteiger partial charge is 0.340 e. The fourth-order valence-corrected chi connectivity index (χ4v) is 2.03. The summed E-state index contributed by atoms with van der Waals surface area (Å²) in [5.74, 6) is 0.995. The van der Waals surface area contributed by atoms with Crippen LogP contribution in [0.5, 0.6) is 0 Å². The van der Waals surface area contributed by atoms with Crippen LogP contribution in [0, 0.1) is 0 Å². The van der Waals surface area contributed by atoms with E-state index in [9.17, 15) is 0 Å². The first kappa shape index (κ1) is 12.8. The monoisotopic (exact) mass is 248 g/mol. The molecule has 98 valence electrons. The van der Waals surface area contributed by atoms with Crippen LogP contribution in [0.3, 0.4) is 0 Å². The topological polar surface area (TPSA) is 60.6 Å². The Morgan fingerprint density at radius 2 is 2.17 bits per heavy atom. The summed E-state index contributed by atoms with van der Waals surface area (Å²) in [4.78, 5) is 8.73. The van der Waals surface area contributed by atoms with Crippen LogP contribution in [0.2, 0.25) is 0 Å². The van der Waals surface area contributed by atoms with E-state index in [2.05, 4.69) is 34.2 Å². The zero-order valence-corrected chi connectivity index (χ0v) is 11.2. The van der Waals surface area contributed by atoms with E-state index in [-0.39, 0.29) is 6.04 Å². The molecule has 2 aromatic heterocycles. The van der Waals surface area contributed by atoms with E-state index in [0.717, 1.165) is 31.0 Å². The maximum Gasteiger partial charge on any atom is 0.138 e. The van der Waals surface area contributed by atoms with E-state index < -0.39 is 0 Å². The van der Waals surface area contributed by atoms with Crippen LogP contribution in [-0.4, -0.2) is 30.9 Å². The average molecular weight is 248 g/mol. The molecule has 0 saturated heterocycles. The van der Waals surface area contributed by atoms with E-state index in [1.807, 2.05) is 28.8 Å². The van der Waals surface area contributed by atoms with Gasteiger partial charge in [-0.05, 0) is 13.5 Å². The molecule has 0 spiro atoms. The van der Waals surface area contributed by atoms with Crippen LogP contribution in [-0.2, 0) is 20.0 Å². The highest BCUT2D eigenvalue weighted by Crippen LogP contribution is 2.15. The molecule has 0 aromatic carbocycles. The highest BCUT2D eigenvalue weighted by Gasteiger charge is 2.16. The standard InChI is InChI=1S/C12H20N6/c1-4-13-10(11-7-17(3)9-15-11)6-12-14-8-16-18(12)5-2/h7-10,13H,4-6H2,1-3H3. The molecule has 0 aliphatic rings. The van der Waals surface area contributed by atoms with Gasteiger partial charge in [-0.2, -0.15) is 5.10 Å². The lowest BCUT2D eigenvalue weighted by Gasteiger charge is -2.15. The summed E-state index contributed by atoms with van der Waals surface area (Å²) in [7, 11) is 1.98. The van der Waals surface area contributed by atoms with E-state index in [4.69, 9.17) is 0 Å². The number of imidazole rings is 1. The molecule has 0 saturated carbocycles. The van der Waals surface area contributed by atoms with Crippen molar-refractivity contribution in [1.82, 2.24) is 29.6 Å². The number of likely N-dealkylation sites (N-methyl/N-ethyl adjacent to an activating group) is 1. The Morgan fingerprint density at radius 1 is 1.33 bits per heavy atom. The molecule has 0 amide bonds. The number of aromatic nitrogens is 5. The maximum atomic E-state index is 4.41. The number of nitrogens with zero attached hydrogens (tertiary/aromatic N) is 5. The highest BCUT2D eigenvalue weighted by molar-refractivity contribution is 5.07. The Balaban J connectivity index is 2.16. The van der Waals surface area contributed by atoms with Gasteiger partial charge in [0.05, 0.1) is 18.1 Å². The smallest absolute Gasteiger partial charge is 0.138 e. The van der Waals surface area contributed by atoms with Gasteiger partial charge in [0.15, 0.2) is 0 Å². The zero-order chi connectivity index (χ0) is 13.0. The minimum atomic E-state index is 0.186. The summed E-state index contributed by atoms with van der Waals surface area (Å²) in [5.41, 5.74) is 1.05. The molecule has 6 nitrogen and oxygen atoms in total. The van der Waals surface area contributed by atoms with Crippen LogP contribution in [0.1, 0.15) is 31.4 Å². The molecule has 1 unspecified atom stereocenters. The van der Waals surface area contributed by atoms with Gasteiger partial charge < -0.3 is 9.88 Å². The zero-order valence-electron chi connectivity index (χ0n) is 11.2. The van der Waals surface area contributed by atoms with Gasteiger partial charge in [0.25, 0.3) is 0 Å². The second-order valence-corrected chi connectivity index (χ2v) is 4.27. The molecule has 1 atom stereocenters. The molecule has 6 heteroatoms. The molecule has 18 heavy (non-hydrogen) atoms. The lowest BCUT2D eigenvalue weighted by atomic mass is 10.1. The third kappa shape index (κ3) is 2.76. The number of rotatable bonds is 6. The molecule has 2 rings (SSSR count). The van der Waals surface area contributed by atoms with Crippen molar-refractivity contribution in [2.24, 2.45) is 7.05 Å². The van der Waals surface area contributed by atoms with Crippen molar-refractivity contribution < 1.29 is 0 Å². The van der Waals surface area contributed by atoms with Gasteiger partial charge in [0.2, 0.25) is 0 Å². The first-order valence-electron chi connectivity index (χ1n) is 6.32. The second kappa shape index (κ2) is 5.77. The van der Waals surface area contributed by atoms with Crippen molar-refractivity contribution in [2.75, 3.05) is 6.54 Å². The summed E-state index contributed by atoms with van der Waals surface area (Å²) in [6.07, 6.45) is 6.28. The Kier molecular flexibility index (Phi) is 4.09. The number of hydrogen-bond acceptors (Lipinski definition) is 4. The number of hydrogen-bond donors (Lipinski definition) is 1. The summed E-state index contributed by atoms with van der Waals surface area (Å²) in [6.45, 7) is 5.92. The molecule has 0 radical (unpaired) electrons. The minimum Gasteiger partial charge on any atom is -0.340 e. The molecule has 2 heterocycles. The Labute approximate surface area is 107 Å². The lowest BCUT2D eigenvalue weighted by molar-refractivity contribution is 0.501. The van der Waals surface area contributed by atoms with E-state index in [0.29, 0.717) is 0 Å². The van der Waals surface area contributed by atoms with Gasteiger partial charge in [-0.25, -0.2) is 9.97 Å². The van der Waals surface area contributed by atoms with E-state index >= 15 is 0 Å². The molecule has 0 bridgehead atoms. The molecular formula is C12H20N6. The Morgan fingerprint density at radius 3 is 2.78 bits per heavy atom. The Bertz CT molecular complexity index is 486. The third-order valence-corrected chi connectivity index (χ3v) is 2.91. The van der Waals surface area contributed by atoms with Gasteiger partial charge in [0.1, 0.15) is 12.2 Å². The van der Waals surface area contributed by atoms with E-state index in [1.165, 1.54) is 0 Å². The van der Waals surface area contributed by atoms with Crippen LogP contribution in [0.15, 0.2) is 18.9 Å². The molecular weight excluding hydrogens is 228 g/mol. The predicted octanol–water partition coefficient (Wildman–Crippen LogP) is 0.925. The van der Waals surface area contributed by atoms with Crippen molar-refractivity contribution in [3.8, 4) is 0 Å². The van der Waals surface area contributed by atoms with Crippen molar-refractivity contribution >= 4 is 0 Å². The fraction of sp³-hybridized carbons (Fsp3) is 0.583. The first-order valence-corrected chi connectivity index (χ1v) is 6.32. The third-order valence-electron chi connectivity index (χ3n) is 2.91. The van der Waals surface area contributed by atoms with Crippen LogP contribution < -0.4 is 5.32 Å². The minimum absolute atomic E-state index is 0.186. The highest BCUT2D eigenvalue weighted by atomic mass is 15.3. The summed E-state index contributed by atoms with van der Waals surface area (Å²) >= 11 is 0. The molecule has 2 aromatic rings. The SMILES string of the molecule is CCNC(Cc1ncnn1CC)c1cn(C)cn1. The normalized spacial score (nSPS) is 12.8. The van der Waals surface area contributed by atoms with Gasteiger partial charge in [0, 0.05) is 26.2 Å². The molecule has 0 aliphatic carbocycles. The second-order valence-electron chi connectivity index (χ2n) is 4.27. The van der Waals surface area contributed by atoms with Crippen LogP contribution in [0.25, 0.3) is 0 Å². The quantitative estimate of drug-likeness (QED) is 0.826. The average Bonchev–Trinajstić information content (AvgIpc) is 2.97. The predicted molar refractivity (Wildman–Crippen MR) is 69.0 cm³/mol. The molecule has 0 fully saturated rings. The lowest BCUT2D eigenvalue weighted by Crippen LogP contribution is -2.24. The summed E-state index contributed by atoms with van der Waals surface area (Å²) in [6, 6.07) is 0.186. The first-order chi connectivity index (χ1) is 8.74. The van der Waals surface area contributed by atoms with Crippen molar-refractivity contribution in [2.45, 2.75) is 32.9 Å². The summed E-state index contributed by atoms with van der Waals surface area (Å²) in [5, 5.41) is 7.64. The van der Waals surface area contributed by atoms with Crippen LogP contribution >= 0.6 is 0 Å². The molecule has 0 aliphatic heterocycles. The van der Waals surface area contributed by atoms with Gasteiger partial charge >= 0.3 is 0 Å². The number of aryl methyl sites for hydroxylation is 2. The van der Waals surface area contributed by atoms with Gasteiger partial charge in [-0.1, -0.05) is 6.92 Å². The van der Waals surface area contributed by atoms with Gasteiger partial charge in [-0.15, -0.1) is 0 Å².